The minimum absolute atomic E-state index is 0.0612. The Balaban J connectivity index is 0.734. The van der Waals surface area contributed by atoms with Crippen molar-refractivity contribution in [1.29, 1.82) is 0 Å². The molecule has 5 fully saturated rings. The lowest BCUT2D eigenvalue weighted by atomic mass is 9.94. The number of imide groups is 2. The quantitative estimate of drug-likeness (QED) is 0.118. The standard InChI is InChI=1S/C55H59FN10O6/c1-4-33-9-7-10-34-11-8-12-40(45(33)34)47-46(56)48-42(28-57-47)49(65-29-36(5-2)58-37(6-3)30-65)61-54(60-48)72-32-55(19-20-55)31-62-23-25-64(26-24-62)51(69)35-17-21-63(22-18-35)38-13-14-39-41(27-38)53(71)66(52(39)70)43-15-16-44(67)59-50(43)68/h1,7-14,27-28,35-37,43,58H,5-6,15-26,29-32H2,2-3H3,(H,59,67,68). The first-order chi connectivity index (χ1) is 34.9. The molecule has 0 bridgehead atoms. The van der Waals surface area contributed by atoms with Crippen molar-refractivity contribution in [2.75, 3.05) is 75.3 Å². The van der Waals surface area contributed by atoms with E-state index in [0.29, 0.717) is 81.0 Å². The Bertz CT molecular complexity index is 3050. The molecule has 0 radical (unpaired) electrons. The van der Waals surface area contributed by atoms with Crippen molar-refractivity contribution in [3.63, 3.8) is 0 Å². The van der Waals surface area contributed by atoms with E-state index in [1.165, 1.54) is 0 Å². The number of rotatable bonds is 12. The van der Waals surface area contributed by atoms with Gasteiger partial charge in [-0.3, -0.25) is 44.1 Å². The molecular formula is C55H59FN10O6. The van der Waals surface area contributed by atoms with Crippen LogP contribution < -0.4 is 25.2 Å². The van der Waals surface area contributed by atoms with Gasteiger partial charge in [-0.15, -0.1) is 6.42 Å². The third kappa shape index (κ3) is 8.78. The summed E-state index contributed by atoms with van der Waals surface area (Å²) in [6.45, 7) is 10.9. The van der Waals surface area contributed by atoms with E-state index in [2.05, 4.69) is 45.1 Å². The fourth-order valence-corrected chi connectivity index (χ4v) is 11.5. The number of fused-ring (bicyclic) bond motifs is 3. The molecule has 372 valence electrons. The molecule has 3 unspecified atom stereocenters. The highest BCUT2D eigenvalue weighted by Gasteiger charge is 2.47. The van der Waals surface area contributed by atoms with Crippen molar-refractivity contribution in [2.24, 2.45) is 11.3 Å². The Morgan fingerprint density at radius 2 is 1.58 bits per heavy atom. The van der Waals surface area contributed by atoms with Gasteiger partial charge in [0.25, 0.3) is 11.8 Å². The van der Waals surface area contributed by atoms with Crippen molar-refractivity contribution in [1.82, 2.24) is 40.3 Å². The molecule has 3 atom stereocenters. The summed E-state index contributed by atoms with van der Waals surface area (Å²) >= 11 is 0. The number of piperidine rings is 2. The number of ether oxygens (including phenoxy) is 1. The van der Waals surface area contributed by atoms with E-state index in [1.807, 2.05) is 47.4 Å². The Labute approximate surface area is 417 Å². The summed E-state index contributed by atoms with van der Waals surface area (Å²) in [6, 6.07) is 16.2. The molecule has 5 amide bonds. The topological polar surface area (TPSA) is 174 Å². The third-order valence-electron chi connectivity index (χ3n) is 15.9. The SMILES string of the molecule is C#Cc1cccc2cccc(-c3ncc4c(N5CC(CC)NC(CC)C5)nc(OCC5(CN6CCN(C(=O)C7CCN(c8ccc9c(c8)C(=O)N(C8CCC(=O)NC8=O)C9=O)CC7)CC6)CC5)nc4c3F)c12. The number of halogens is 1. The van der Waals surface area contributed by atoms with Crippen LogP contribution in [0.15, 0.2) is 60.8 Å². The van der Waals surface area contributed by atoms with E-state index in [4.69, 9.17) is 26.1 Å². The van der Waals surface area contributed by atoms with Crippen LogP contribution in [0.25, 0.3) is 32.9 Å². The first-order valence-electron chi connectivity index (χ1n) is 25.5. The van der Waals surface area contributed by atoms with Crippen molar-refractivity contribution >= 4 is 62.7 Å². The predicted molar refractivity (Wildman–Crippen MR) is 270 cm³/mol. The van der Waals surface area contributed by atoms with Crippen LogP contribution in [0.2, 0.25) is 0 Å². The van der Waals surface area contributed by atoms with Crippen LogP contribution >= 0.6 is 0 Å². The van der Waals surface area contributed by atoms with Crippen LogP contribution in [-0.4, -0.2) is 143 Å². The maximum atomic E-state index is 17.2. The number of anilines is 2. The monoisotopic (exact) mass is 974 g/mol. The van der Waals surface area contributed by atoms with E-state index >= 15 is 4.39 Å². The lowest BCUT2D eigenvalue weighted by molar-refractivity contribution is -0.138. The summed E-state index contributed by atoms with van der Waals surface area (Å²) in [6.07, 6.45) is 12.9. The first-order valence-corrected chi connectivity index (χ1v) is 25.5. The molecule has 0 spiro atoms. The minimum Gasteiger partial charge on any atom is -0.463 e. The maximum Gasteiger partial charge on any atom is 0.319 e. The third-order valence-corrected chi connectivity index (χ3v) is 15.9. The second kappa shape index (κ2) is 19.2. The summed E-state index contributed by atoms with van der Waals surface area (Å²) in [4.78, 5) is 89.1. The maximum absolute atomic E-state index is 17.2. The van der Waals surface area contributed by atoms with Crippen LogP contribution in [0, 0.1) is 29.5 Å². The van der Waals surface area contributed by atoms with Crippen molar-refractivity contribution < 1.29 is 33.1 Å². The van der Waals surface area contributed by atoms with Crippen molar-refractivity contribution in [2.45, 2.75) is 83.3 Å². The highest BCUT2D eigenvalue weighted by atomic mass is 19.1. The molecule has 4 saturated heterocycles. The van der Waals surface area contributed by atoms with E-state index in [9.17, 15) is 24.0 Å². The molecule has 2 N–H and O–H groups in total. The normalized spacial score (nSPS) is 22.6. The Morgan fingerprint density at radius 3 is 2.28 bits per heavy atom. The molecule has 3 aromatic carbocycles. The molecule has 7 heterocycles. The number of nitrogens with zero attached hydrogens (tertiary/aromatic N) is 8. The molecular weight excluding hydrogens is 916 g/mol. The fraction of sp³-hybridized carbons (Fsp3) is 0.455. The van der Waals surface area contributed by atoms with E-state index in [-0.39, 0.29) is 70.5 Å². The predicted octanol–water partition coefficient (Wildman–Crippen LogP) is 5.55. The number of piperazine rings is 2. The average Bonchev–Trinajstić information content (AvgIpc) is 4.13. The van der Waals surface area contributed by atoms with Crippen LogP contribution in [0.1, 0.15) is 91.5 Å². The largest absolute Gasteiger partial charge is 0.463 e. The average molecular weight is 975 g/mol. The van der Waals surface area contributed by atoms with E-state index in [0.717, 1.165) is 66.7 Å². The van der Waals surface area contributed by atoms with E-state index in [1.54, 1.807) is 18.3 Å². The number of carbonyl (C=O) groups excluding carboxylic acids is 5. The molecule has 2 aromatic heterocycles. The van der Waals surface area contributed by atoms with E-state index < -0.39 is 35.5 Å². The van der Waals surface area contributed by atoms with Gasteiger partial charge in [-0.05, 0) is 74.6 Å². The van der Waals surface area contributed by atoms with Gasteiger partial charge >= 0.3 is 6.01 Å². The minimum atomic E-state index is -1.02. The van der Waals surface area contributed by atoms with Gasteiger partial charge in [0.05, 0.1) is 23.1 Å². The lowest BCUT2D eigenvalue weighted by Gasteiger charge is -2.40. The van der Waals surface area contributed by atoms with Gasteiger partial charge in [-0.2, -0.15) is 9.97 Å². The number of aromatic nitrogens is 3. The van der Waals surface area contributed by atoms with Crippen molar-refractivity contribution in [3.8, 4) is 29.6 Å². The van der Waals surface area contributed by atoms with Gasteiger partial charge in [0.1, 0.15) is 23.1 Å². The number of carbonyl (C=O) groups is 5. The summed E-state index contributed by atoms with van der Waals surface area (Å²) in [7, 11) is 0. The van der Waals surface area contributed by atoms with Gasteiger partial charge in [-0.1, -0.05) is 50.1 Å². The highest BCUT2D eigenvalue weighted by molar-refractivity contribution is 6.23. The molecule has 72 heavy (non-hydrogen) atoms. The van der Waals surface area contributed by atoms with Gasteiger partial charge in [-0.25, -0.2) is 4.39 Å². The number of terminal acetylenes is 1. The zero-order chi connectivity index (χ0) is 49.8. The van der Waals surface area contributed by atoms with Gasteiger partial charge in [0.2, 0.25) is 17.7 Å². The number of hydrogen-bond acceptors (Lipinski definition) is 13. The molecule has 5 aliphatic heterocycles. The molecule has 16 nitrogen and oxygen atoms in total. The molecule has 1 aliphatic carbocycles. The fourth-order valence-electron chi connectivity index (χ4n) is 11.5. The lowest BCUT2D eigenvalue weighted by Crippen LogP contribution is -2.56. The van der Waals surface area contributed by atoms with Crippen LogP contribution in [0.5, 0.6) is 6.01 Å². The molecule has 11 rings (SSSR count). The second-order valence-corrected chi connectivity index (χ2v) is 20.5. The van der Waals surface area contributed by atoms with Gasteiger partial charge in [0, 0.05) is 117 Å². The number of pyridine rings is 1. The van der Waals surface area contributed by atoms with Crippen molar-refractivity contribution in [3.05, 3.63) is 83.3 Å². The summed E-state index contributed by atoms with van der Waals surface area (Å²) in [5.74, 6) is 0.761. The van der Waals surface area contributed by atoms with Crippen LogP contribution in [0.3, 0.4) is 0 Å². The Kier molecular flexibility index (Phi) is 12.6. The van der Waals surface area contributed by atoms with Crippen LogP contribution in [0.4, 0.5) is 15.9 Å². The van der Waals surface area contributed by atoms with Gasteiger partial charge < -0.3 is 24.8 Å². The Morgan fingerprint density at radius 1 is 0.861 bits per heavy atom. The number of nitrogens with one attached hydrogen (secondary N) is 2. The zero-order valence-corrected chi connectivity index (χ0v) is 40.8. The number of hydrogen-bond donors (Lipinski definition) is 2. The summed E-state index contributed by atoms with van der Waals surface area (Å²) in [5.41, 5.74) is 2.75. The Hall–Kier alpha value is -7.03. The smallest absolute Gasteiger partial charge is 0.319 e. The number of amides is 5. The summed E-state index contributed by atoms with van der Waals surface area (Å²) < 4.78 is 23.7. The molecule has 1 saturated carbocycles. The van der Waals surface area contributed by atoms with Crippen LogP contribution in [-0.2, 0) is 14.4 Å². The van der Waals surface area contributed by atoms with Gasteiger partial charge in [0.15, 0.2) is 5.82 Å². The molecule has 5 aromatic rings. The zero-order valence-electron chi connectivity index (χ0n) is 40.8. The molecule has 17 heteroatoms. The molecule has 6 aliphatic rings. The summed E-state index contributed by atoms with van der Waals surface area (Å²) in [5, 5.41) is 8.17. The highest BCUT2D eigenvalue weighted by Crippen LogP contribution is 2.47. The second-order valence-electron chi connectivity index (χ2n) is 20.5. The first kappa shape index (κ1) is 47.3. The number of benzene rings is 3.